The van der Waals surface area contributed by atoms with Crippen LogP contribution in [0.2, 0.25) is 5.02 Å². The minimum absolute atomic E-state index is 0.214. The Labute approximate surface area is 156 Å². The van der Waals surface area contributed by atoms with E-state index in [1.807, 2.05) is 13.0 Å². The smallest absolute Gasteiger partial charge is 0.309 e. The van der Waals surface area contributed by atoms with Gasteiger partial charge in [-0.05, 0) is 55.8 Å². The summed E-state index contributed by atoms with van der Waals surface area (Å²) >= 11 is 7.30. The average Bonchev–Trinajstić information content (AvgIpc) is 2.92. The molecule has 8 heteroatoms. The number of fused-ring (bicyclic) bond motifs is 1. The van der Waals surface area contributed by atoms with Gasteiger partial charge in [-0.3, -0.25) is 4.79 Å². The van der Waals surface area contributed by atoms with Crippen molar-refractivity contribution in [3.63, 3.8) is 0 Å². The third-order valence-electron chi connectivity index (χ3n) is 4.50. The van der Waals surface area contributed by atoms with E-state index in [4.69, 9.17) is 16.3 Å². The van der Waals surface area contributed by atoms with E-state index in [1.165, 1.54) is 15.6 Å². The van der Waals surface area contributed by atoms with Crippen molar-refractivity contribution in [3.8, 4) is 0 Å². The summed E-state index contributed by atoms with van der Waals surface area (Å²) in [6.45, 7) is 4.60. The zero-order chi connectivity index (χ0) is 18.2. The second-order valence-corrected chi connectivity index (χ2v) is 9.71. The molecule has 1 aromatic carbocycles. The highest BCUT2D eigenvalue weighted by Crippen LogP contribution is 2.37. The summed E-state index contributed by atoms with van der Waals surface area (Å²) in [7, 11) is -3.57. The quantitative estimate of drug-likeness (QED) is 0.730. The highest BCUT2D eigenvalue weighted by molar-refractivity contribution is 7.91. The largest absolute Gasteiger partial charge is 0.466 e. The van der Waals surface area contributed by atoms with Crippen LogP contribution in [0, 0.1) is 12.8 Å². The zero-order valence-corrected chi connectivity index (χ0v) is 16.5. The number of ether oxygens (including phenoxy) is 1. The number of benzene rings is 1. The van der Waals surface area contributed by atoms with Gasteiger partial charge in [-0.25, -0.2) is 8.42 Å². The predicted molar refractivity (Wildman–Crippen MR) is 99.7 cm³/mol. The molecule has 0 amide bonds. The van der Waals surface area contributed by atoms with E-state index in [0.29, 0.717) is 41.8 Å². The Morgan fingerprint density at radius 2 is 2.04 bits per heavy atom. The van der Waals surface area contributed by atoms with Crippen LogP contribution in [-0.4, -0.2) is 38.4 Å². The fourth-order valence-electron chi connectivity index (χ4n) is 3.13. The molecule has 5 nitrogen and oxygen atoms in total. The summed E-state index contributed by atoms with van der Waals surface area (Å²) < 4.78 is 33.9. The molecule has 136 valence electrons. The van der Waals surface area contributed by atoms with Crippen LogP contribution in [0.25, 0.3) is 10.1 Å². The van der Waals surface area contributed by atoms with Gasteiger partial charge in [0.05, 0.1) is 12.5 Å². The second kappa shape index (κ2) is 7.23. The van der Waals surface area contributed by atoms with Crippen molar-refractivity contribution in [3.05, 3.63) is 28.8 Å². The second-order valence-electron chi connectivity index (χ2n) is 6.09. The molecule has 0 saturated carbocycles. The molecule has 25 heavy (non-hydrogen) atoms. The lowest BCUT2D eigenvalue weighted by Gasteiger charge is -2.29. The van der Waals surface area contributed by atoms with Gasteiger partial charge in [0.1, 0.15) is 4.21 Å². The molecule has 1 aromatic heterocycles. The molecular formula is C17H20ClNO4S2. The number of piperidine rings is 1. The van der Waals surface area contributed by atoms with Crippen LogP contribution in [0.5, 0.6) is 0 Å². The van der Waals surface area contributed by atoms with Crippen LogP contribution in [0.1, 0.15) is 25.3 Å². The molecule has 0 bridgehead atoms. The summed E-state index contributed by atoms with van der Waals surface area (Å²) in [4.78, 5) is 11.8. The maximum atomic E-state index is 13.1. The van der Waals surface area contributed by atoms with Crippen molar-refractivity contribution in [2.24, 2.45) is 5.92 Å². The number of thiophene rings is 1. The van der Waals surface area contributed by atoms with Crippen molar-refractivity contribution in [2.45, 2.75) is 30.9 Å². The van der Waals surface area contributed by atoms with Gasteiger partial charge in [-0.15, -0.1) is 11.3 Å². The number of rotatable bonds is 4. The topological polar surface area (TPSA) is 63.7 Å². The van der Waals surface area contributed by atoms with Crippen molar-refractivity contribution < 1.29 is 17.9 Å². The normalized spacial score (nSPS) is 17.1. The lowest BCUT2D eigenvalue weighted by atomic mass is 9.98. The number of carbonyl (C=O) groups is 1. The van der Waals surface area contributed by atoms with E-state index < -0.39 is 10.0 Å². The molecule has 0 spiro atoms. The summed E-state index contributed by atoms with van der Waals surface area (Å²) in [5, 5.41) is 1.46. The molecule has 0 unspecified atom stereocenters. The fourth-order valence-corrected chi connectivity index (χ4v) is 6.65. The molecule has 0 aliphatic carbocycles. The molecule has 1 saturated heterocycles. The number of esters is 1. The molecule has 1 aliphatic heterocycles. The maximum Gasteiger partial charge on any atom is 0.309 e. The lowest BCUT2D eigenvalue weighted by Crippen LogP contribution is -2.40. The Kier molecular flexibility index (Phi) is 5.39. The monoisotopic (exact) mass is 401 g/mol. The standard InChI is InChI=1S/C17H20ClNO4S2/c1-3-23-16(20)12-6-8-19(9-7-12)25(21,22)17-11(2)14-10-13(18)4-5-15(14)24-17/h4-5,10,12H,3,6-9H2,1-2H3. The zero-order valence-electron chi connectivity index (χ0n) is 14.1. The number of carbonyl (C=O) groups excluding carboxylic acids is 1. The fraction of sp³-hybridized carbons (Fsp3) is 0.471. The van der Waals surface area contributed by atoms with E-state index in [0.717, 1.165) is 15.6 Å². The van der Waals surface area contributed by atoms with Gasteiger partial charge < -0.3 is 4.74 Å². The summed E-state index contributed by atoms with van der Waals surface area (Å²) in [5.41, 5.74) is 0.731. The molecule has 2 heterocycles. The molecular weight excluding hydrogens is 382 g/mol. The number of halogens is 1. The average molecular weight is 402 g/mol. The Morgan fingerprint density at radius 1 is 1.36 bits per heavy atom. The Balaban J connectivity index is 1.84. The highest BCUT2D eigenvalue weighted by Gasteiger charge is 2.34. The Morgan fingerprint density at radius 3 is 2.68 bits per heavy atom. The first kappa shape index (κ1) is 18.6. The van der Waals surface area contributed by atoms with E-state index in [1.54, 1.807) is 19.1 Å². The SMILES string of the molecule is CCOC(=O)C1CCN(S(=O)(=O)c2sc3ccc(Cl)cc3c2C)CC1. The lowest BCUT2D eigenvalue weighted by molar-refractivity contribution is -0.149. The van der Waals surface area contributed by atoms with E-state index in [-0.39, 0.29) is 11.9 Å². The van der Waals surface area contributed by atoms with Crippen LogP contribution >= 0.6 is 22.9 Å². The van der Waals surface area contributed by atoms with Crippen LogP contribution in [0.3, 0.4) is 0 Å². The number of hydrogen-bond acceptors (Lipinski definition) is 5. The first-order valence-corrected chi connectivity index (χ1v) is 10.8. The number of hydrogen-bond donors (Lipinski definition) is 0. The van der Waals surface area contributed by atoms with Gasteiger partial charge >= 0.3 is 5.97 Å². The van der Waals surface area contributed by atoms with Crippen molar-refractivity contribution >= 4 is 49.0 Å². The minimum atomic E-state index is -3.57. The molecule has 0 atom stereocenters. The number of aryl methyl sites for hydroxylation is 1. The molecule has 1 fully saturated rings. The molecule has 0 N–H and O–H groups in total. The van der Waals surface area contributed by atoms with E-state index >= 15 is 0 Å². The van der Waals surface area contributed by atoms with E-state index in [2.05, 4.69) is 0 Å². The Hall–Kier alpha value is -1.15. The van der Waals surface area contributed by atoms with Gasteiger partial charge in [0, 0.05) is 22.8 Å². The Bertz CT molecular complexity index is 899. The molecule has 0 radical (unpaired) electrons. The molecule has 1 aliphatic rings. The highest BCUT2D eigenvalue weighted by atomic mass is 35.5. The van der Waals surface area contributed by atoms with Crippen LogP contribution < -0.4 is 0 Å². The number of nitrogens with zero attached hydrogens (tertiary/aromatic N) is 1. The van der Waals surface area contributed by atoms with Gasteiger partial charge in [0.25, 0.3) is 10.0 Å². The summed E-state index contributed by atoms with van der Waals surface area (Å²) in [6, 6.07) is 5.41. The molecule has 3 rings (SSSR count). The first-order valence-electron chi connectivity index (χ1n) is 8.20. The van der Waals surface area contributed by atoms with Crippen LogP contribution in [0.4, 0.5) is 0 Å². The summed E-state index contributed by atoms with van der Waals surface area (Å²) in [5.74, 6) is -0.444. The first-order chi connectivity index (χ1) is 11.8. The summed E-state index contributed by atoms with van der Waals surface area (Å²) in [6.07, 6.45) is 0.988. The van der Waals surface area contributed by atoms with Crippen LogP contribution in [-0.2, 0) is 19.6 Å². The minimum Gasteiger partial charge on any atom is -0.466 e. The van der Waals surface area contributed by atoms with Gasteiger partial charge in [0.2, 0.25) is 0 Å². The van der Waals surface area contributed by atoms with Gasteiger partial charge in [-0.2, -0.15) is 4.31 Å². The van der Waals surface area contributed by atoms with Crippen molar-refractivity contribution in [2.75, 3.05) is 19.7 Å². The maximum absolute atomic E-state index is 13.1. The number of sulfonamides is 1. The van der Waals surface area contributed by atoms with Crippen molar-refractivity contribution in [1.29, 1.82) is 0 Å². The third-order valence-corrected chi connectivity index (χ3v) is 8.51. The predicted octanol–water partition coefficient (Wildman–Crippen LogP) is 3.83. The van der Waals surface area contributed by atoms with Gasteiger partial charge in [0.15, 0.2) is 0 Å². The van der Waals surface area contributed by atoms with Gasteiger partial charge in [-0.1, -0.05) is 11.6 Å². The third kappa shape index (κ3) is 3.56. The van der Waals surface area contributed by atoms with Crippen LogP contribution in [0.15, 0.2) is 22.4 Å². The molecule has 2 aromatic rings. The van der Waals surface area contributed by atoms with Crippen molar-refractivity contribution in [1.82, 2.24) is 4.31 Å². The van der Waals surface area contributed by atoms with E-state index in [9.17, 15) is 13.2 Å².